The minimum Gasteiger partial charge on any atom is -0.325 e. The fourth-order valence-electron chi connectivity index (χ4n) is 3.08. The third-order valence-corrected chi connectivity index (χ3v) is 7.25. The maximum absolute atomic E-state index is 13.3. The molecule has 0 saturated carbocycles. The van der Waals surface area contributed by atoms with Gasteiger partial charge in [0, 0.05) is 17.3 Å². The Kier molecular flexibility index (Phi) is 7.15. The highest BCUT2D eigenvalue weighted by Gasteiger charge is 2.27. The van der Waals surface area contributed by atoms with E-state index in [4.69, 9.17) is 11.6 Å². The van der Waals surface area contributed by atoms with E-state index in [-0.39, 0.29) is 18.0 Å². The highest BCUT2D eigenvalue weighted by Crippen LogP contribution is 2.23. The molecule has 0 radical (unpaired) electrons. The van der Waals surface area contributed by atoms with Gasteiger partial charge in [-0.05, 0) is 67.8 Å². The lowest BCUT2D eigenvalue weighted by molar-refractivity contribution is -0.116. The predicted molar refractivity (Wildman–Crippen MR) is 125 cm³/mol. The number of benzene rings is 3. The maximum Gasteiger partial charge on any atom is 0.243 e. The fourth-order valence-corrected chi connectivity index (χ4v) is 4.65. The Balaban J connectivity index is 1.89. The Morgan fingerprint density at radius 1 is 0.935 bits per heavy atom. The summed E-state index contributed by atoms with van der Waals surface area (Å²) in [5, 5.41) is 3.24. The van der Waals surface area contributed by atoms with Crippen LogP contribution in [0.4, 0.5) is 5.69 Å². The van der Waals surface area contributed by atoms with E-state index in [0.717, 1.165) is 21.0 Å². The van der Waals surface area contributed by atoms with Crippen molar-refractivity contribution in [3.63, 3.8) is 0 Å². The standard InChI is InChI=1S/C24H25ClN2O3S/c1-17-8-12-22(13-9-17)31(29,30)27(15-20-6-4-5-7-23(20)25)16-24(28)26-21-11-10-18(2)19(3)14-21/h4-14H,15-16H2,1-3H3,(H,26,28). The number of aryl methyl sites for hydroxylation is 3. The number of anilines is 1. The van der Waals surface area contributed by atoms with Gasteiger partial charge in [0.05, 0.1) is 11.4 Å². The number of hydrogen-bond acceptors (Lipinski definition) is 3. The summed E-state index contributed by atoms with van der Waals surface area (Å²) in [7, 11) is -3.92. The van der Waals surface area contributed by atoms with Gasteiger partial charge in [0.25, 0.3) is 0 Å². The summed E-state index contributed by atoms with van der Waals surface area (Å²) < 4.78 is 27.8. The van der Waals surface area contributed by atoms with Crippen LogP contribution in [0.3, 0.4) is 0 Å². The highest BCUT2D eigenvalue weighted by atomic mass is 35.5. The van der Waals surface area contributed by atoms with Gasteiger partial charge in [-0.1, -0.05) is 53.6 Å². The zero-order chi connectivity index (χ0) is 22.6. The van der Waals surface area contributed by atoms with E-state index >= 15 is 0 Å². The number of sulfonamides is 1. The van der Waals surface area contributed by atoms with E-state index < -0.39 is 15.9 Å². The molecular weight excluding hydrogens is 432 g/mol. The molecule has 0 aliphatic rings. The molecule has 0 atom stereocenters. The number of carbonyl (C=O) groups excluding carboxylic acids is 1. The van der Waals surface area contributed by atoms with Gasteiger partial charge in [0.2, 0.25) is 15.9 Å². The van der Waals surface area contributed by atoms with Crippen LogP contribution in [-0.4, -0.2) is 25.2 Å². The van der Waals surface area contributed by atoms with Gasteiger partial charge in [-0.25, -0.2) is 8.42 Å². The molecule has 7 heteroatoms. The zero-order valence-corrected chi connectivity index (χ0v) is 19.3. The predicted octanol–water partition coefficient (Wildman–Crippen LogP) is 5.09. The second-order valence-electron chi connectivity index (χ2n) is 7.52. The number of amides is 1. The maximum atomic E-state index is 13.3. The Labute approximate surface area is 188 Å². The second-order valence-corrected chi connectivity index (χ2v) is 9.87. The van der Waals surface area contributed by atoms with Crippen LogP contribution in [0.2, 0.25) is 5.02 Å². The average Bonchev–Trinajstić information content (AvgIpc) is 2.72. The van der Waals surface area contributed by atoms with Crippen molar-refractivity contribution in [1.29, 1.82) is 0 Å². The SMILES string of the molecule is Cc1ccc(S(=O)(=O)N(CC(=O)Nc2ccc(C)c(C)c2)Cc2ccccc2Cl)cc1. The molecule has 0 saturated heterocycles. The molecular formula is C24H25ClN2O3S. The van der Waals surface area contributed by atoms with Crippen molar-refractivity contribution in [2.24, 2.45) is 0 Å². The first-order valence-corrected chi connectivity index (χ1v) is 11.7. The number of rotatable bonds is 7. The largest absolute Gasteiger partial charge is 0.325 e. The first kappa shape index (κ1) is 23.0. The normalized spacial score (nSPS) is 11.5. The van der Waals surface area contributed by atoms with Crippen LogP contribution < -0.4 is 5.32 Å². The molecule has 0 aromatic heterocycles. The van der Waals surface area contributed by atoms with E-state index in [1.54, 1.807) is 54.6 Å². The molecule has 0 aliphatic heterocycles. The molecule has 1 N–H and O–H groups in total. The summed E-state index contributed by atoms with van der Waals surface area (Å²) in [4.78, 5) is 12.9. The molecule has 0 fully saturated rings. The molecule has 0 aliphatic carbocycles. The summed E-state index contributed by atoms with van der Waals surface area (Å²) in [5.41, 5.74) is 4.35. The lowest BCUT2D eigenvalue weighted by atomic mass is 10.1. The van der Waals surface area contributed by atoms with Crippen molar-refractivity contribution in [2.45, 2.75) is 32.2 Å². The van der Waals surface area contributed by atoms with Gasteiger partial charge >= 0.3 is 0 Å². The van der Waals surface area contributed by atoms with Crippen LogP contribution >= 0.6 is 11.6 Å². The summed E-state index contributed by atoms with van der Waals surface area (Å²) in [6.45, 7) is 5.47. The third-order valence-electron chi connectivity index (χ3n) is 5.07. The topological polar surface area (TPSA) is 66.5 Å². The van der Waals surface area contributed by atoms with Gasteiger partial charge in [0.1, 0.15) is 0 Å². The smallest absolute Gasteiger partial charge is 0.243 e. The second kappa shape index (κ2) is 9.64. The molecule has 3 aromatic rings. The van der Waals surface area contributed by atoms with Crippen molar-refractivity contribution >= 4 is 33.2 Å². The molecule has 0 bridgehead atoms. The molecule has 0 unspecified atom stereocenters. The summed E-state index contributed by atoms with van der Waals surface area (Å²) in [6, 6.07) is 19.1. The minimum atomic E-state index is -3.92. The number of hydrogen-bond donors (Lipinski definition) is 1. The van der Waals surface area contributed by atoms with Crippen LogP contribution in [0.1, 0.15) is 22.3 Å². The zero-order valence-electron chi connectivity index (χ0n) is 17.7. The van der Waals surface area contributed by atoms with Crippen molar-refractivity contribution in [2.75, 3.05) is 11.9 Å². The van der Waals surface area contributed by atoms with E-state index in [1.807, 2.05) is 32.9 Å². The van der Waals surface area contributed by atoms with E-state index in [1.165, 1.54) is 0 Å². The lowest BCUT2D eigenvalue weighted by Gasteiger charge is -2.22. The number of halogens is 1. The monoisotopic (exact) mass is 456 g/mol. The Bertz CT molecular complexity index is 1190. The van der Waals surface area contributed by atoms with Gasteiger partial charge < -0.3 is 5.32 Å². The number of nitrogens with one attached hydrogen (secondary N) is 1. The summed E-state index contributed by atoms with van der Waals surface area (Å²) in [5.74, 6) is -0.425. The summed E-state index contributed by atoms with van der Waals surface area (Å²) >= 11 is 6.26. The summed E-state index contributed by atoms with van der Waals surface area (Å²) in [6.07, 6.45) is 0. The molecule has 1 amide bonds. The first-order chi connectivity index (χ1) is 14.7. The quantitative estimate of drug-likeness (QED) is 0.538. The van der Waals surface area contributed by atoms with Crippen LogP contribution in [0.25, 0.3) is 0 Å². The van der Waals surface area contributed by atoms with E-state index in [0.29, 0.717) is 16.3 Å². The van der Waals surface area contributed by atoms with Crippen LogP contribution in [0.15, 0.2) is 71.6 Å². The van der Waals surface area contributed by atoms with Crippen LogP contribution in [0.5, 0.6) is 0 Å². The molecule has 3 rings (SSSR count). The number of nitrogens with zero attached hydrogens (tertiary/aromatic N) is 1. The lowest BCUT2D eigenvalue weighted by Crippen LogP contribution is -2.37. The molecule has 0 heterocycles. The molecule has 0 spiro atoms. The Hall–Kier alpha value is -2.67. The number of carbonyl (C=O) groups is 1. The van der Waals surface area contributed by atoms with Crippen molar-refractivity contribution < 1.29 is 13.2 Å². The van der Waals surface area contributed by atoms with Crippen LogP contribution in [-0.2, 0) is 21.4 Å². The molecule has 3 aromatic carbocycles. The third kappa shape index (κ3) is 5.73. The van der Waals surface area contributed by atoms with Crippen molar-refractivity contribution in [1.82, 2.24) is 4.31 Å². The Morgan fingerprint density at radius 3 is 2.26 bits per heavy atom. The van der Waals surface area contributed by atoms with Gasteiger partial charge in [-0.2, -0.15) is 4.31 Å². The van der Waals surface area contributed by atoms with Crippen LogP contribution in [0, 0.1) is 20.8 Å². The molecule has 162 valence electrons. The van der Waals surface area contributed by atoms with E-state index in [9.17, 15) is 13.2 Å². The minimum absolute atomic E-state index is 0.0176. The van der Waals surface area contributed by atoms with Gasteiger partial charge in [-0.15, -0.1) is 0 Å². The molecule has 31 heavy (non-hydrogen) atoms. The fraction of sp³-hybridized carbons (Fsp3) is 0.208. The highest BCUT2D eigenvalue weighted by molar-refractivity contribution is 7.89. The van der Waals surface area contributed by atoms with Gasteiger partial charge in [-0.3, -0.25) is 4.79 Å². The average molecular weight is 457 g/mol. The van der Waals surface area contributed by atoms with E-state index in [2.05, 4.69) is 5.32 Å². The molecule has 5 nitrogen and oxygen atoms in total. The van der Waals surface area contributed by atoms with Crippen molar-refractivity contribution in [3.05, 3.63) is 94.0 Å². The Morgan fingerprint density at radius 2 is 1.61 bits per heavy atom. The van der Waals surface area contributed by atoms with Crippen molar-refractivity contribution in [3.8, 4) is 0 Å². The first-order valence-electron chi connectivity index (χ1n) is 9.84. The van der Waals surface area contributed by atoms with Gasteiger partial charge in [0.15, 0.2) is 0 Å².